The minimum atomic E-state index is -0.369. The molecule has 0 spiro atoms. The molecule has 0 saturated carbocycles. The second kappa shape index (κ2) is 8.91. The van der Waals surface area contributed by atoms with Gasteiger partial charge in [0.2, 0.25) is 5.91 Å². The van der Waals surface area contributed by atoms with Gasteiger partial charge in [0.15, 0.2) is 0 Å². The van der Waals surface area contributed by atoms with E-state index in [0.29, 0.717) is 27.5 Å². The molecule has 0 aromatic heterocycles. The van der Waals surface area contributed by atoms with Gasteiger partial charge in [0.05, 0.1) is 22.0 Å². The average Bonchev–Trinajstić information content (AvgIpc) is 3.11. The number of nitrogens with one attached hydrogen (secondary N) is 1. The van der Waals surface area contributed by atoms with Crippen LogP contribution in [0.15, 0.2) is 60.7 Å². The number of thioether (sulfide) groups is 1. The second-order valence-corrected chi connectivity index (χ2v) is 8.93. The molecule has 1 heterocycles. The van der Waals surface area contributed by atoms with Crippen molar-refractivity contribution in [3.8, 4) is 0 Å². The van der Waals surface area contributed by atoms with Gasteiger partial charge in [-0.25, -0.2) is 4.39 Å². The van der Waals surface area contributed by atoms with Crippen molar-refractivity contribution >= 4 is 58.2 Å². The van der Waals surface area contributed by atoms with Crippen LogP contribution in [-0.2, 0) is 4.79 Å². The fourth-order valence-electron chi connectivity index (χ4n) is 3.43. The van der Waals surface area contributed by atoms with Gasteiger partial charge in [0.25, 0.3) is 5.91 Å². The van der Waals surface area contributed by atoms with E-state index in [1.54, 1.807) is 54.3 Å². The Morgan fingerprint density at radius 1 is 1.13 bits per heavy atom. The molecular formula is C23H17Cl2FN2O2S. The average molecular weight is 475 g/mol. The van der Waals surface area contributed by atoms with Crippen LogP contribution in [0.3, 0.4) is 0 Å². The van der Waals surface area contributed by atoms with Crippen molar-refractivity contribution < 1.29 is 14.0 Å². The maximum Gasteiger partial charge on any atom is 0.257 e. The number of amides is 2. The molecule has 3 aromatic carbocycles. The Hall–Kier alpha value is -2.54. The predicted octanol–water partition coefficient (Wildman–Crippen LogP) is 6.47. The van der Waals surface area contributed by atoms with Gasteiger partial charge in [0, 0.05) is 16.3 Å². The summed E-state index contributed by atoms with van der Waals surface area (Å²) in [6, 6.07) is 16.6. The zero-order valence-electron chi connectivity index (χ0n) is 16.4. The summed E-state index contributed by atoms with van der Waals surface area (Å²) < 4.78 is 14.1. The molecule has 2 amide bonds. The normalized spacial score (nSPS) is 15.9. The van der Waals surface area contributed by atoms with Crippen molar-refractivity contribution in [1.82, 2.24) is 0 Å². The van der Waals surface area contributed by atoms with Crippen LogP contribution >= 0.6 is 35.0 Å². The SMILES string of the molecule is Cc1c(F)cccc1N1C(=O)CSC1c1cccc(NC(=O)c2ccc(Cl)cc2Cl)c1. The topological polar surface area (TPSA) is 49.4 Å². The molecule has 1 atom stereocenters. The molecule has 4 rings (SSSR count). The lowest BCUT2D eigenvalue weighted by atomic mass is 10.1. The Balaban J connectivity index is 1.62. The van der Waals surface area contributed by atoms with Crippen molar-refractivity contribution in [2.75, 3.05) is 16.0 Å². The minimum absolute atomic E-state index is 0.0916. The third-order valence-electron chi connectivity index (χ3n) is 4.97. The summed E-state index contributed by atoms with van der Waals surface area (Å²) in [7, 11) is 0. The lowest BCUT2D eigenvalue weighted by Gasteiger charge is -2.26. The molecule has 0 bridgehead atoms. The van der Waals surface area contributed by atoms with Crippen molar-refractivity contribution in [3.05, 3.63) is 93.2 Å². The first-order chi connectivity index (χ1) is 14.8. The maximum absolute atomic E-state index is 14.1. The fourth-order valence-corrected chi connectivity index (χ4v) is 5.08. The van der Waals surface area contributed by atoms with Crippen LogP contribution < -0.4 is 10.2 Å². The highest BCUT2D eigenvalue weighted by Gasteiger charge is 2.35. The molecule has 1 N–H and O–H groups in total. The highest BCUT2D eigenvalue weighted by atomic mass is 35.5. The van der Waals surface area contributed by atoms with E-state index in [4.69, 9.17) is 23.2 Å². The number of halogens is 3. The fraction of sp³-hybridized carbons (Fsp3) is 0.130. The lowest BCUT2D eigenvalue weighted by Crippen LogP contribution is -2.28. The van der Waals surface area contributed by atoms with Crippen LogP contribution in [0.5, 0.6) is 0 Å². The molecule has 0 aliphatic carbocycles. The number of nitrogens with zero attached hydrogens (tertiary/aromatic N) is 1. The van der Waals surface area contributed by atoms with E-state index in [-0.39, 0.29) is 33.8 Å². The number of anilines is 2. The third kappa shape index (κ3) is 4.42. The van der Waals surface area contributed by atoms with Crippen LogP contribution in [-0.4, -0.2) is 17.6 Å². The van der Waals surface area contributed by atoms with E-state index in [2.05, 4.69) is 5.32 Å². The van der Waals surface area contributed by atoms with E-state index in [1.807, 2.05) is 6.07 Å². The molecule has 1 fully saturated rings. The lowest BCUT2D eigenvalue weighted by molar-refractivity contribution is -0.115. The largest absolute Gasteiger partial charge is 0.322 e. The Labute approximate surface area is 193 Å². The number of benzene rings is 3. The Morgan fingerprint density at radius 3 is 2.68 bits per heavy atom. The molecule has 1 aliphatic heterocycles. The first-order valence-corrected chi connectivity index (χ1v) is 11.2. The second-order valence-electron chi connectivity index (χ2n) is 7.01. The highest BCUT2D eigenvalue weighted by Crippen LogP contribution is 2.43. The zero-order chi connectivity index (χ0) is 22.1. The van der Waals surface area contributed by atoms with E-state index in [0.717, 1.165) is 5.56 Å². The van der Waals surface area contributed by atoms with Gasteiger partial charge >= 0.3 is 0 Å². The number of carbonyl (C=O) groups excluding carboxylic acids is 2. The molecule has 3 aromatic rings. The molecule has 0 radical (unpaired) electrons. The summed E-state index contributed by atoms with van der Waals surface area (Å²) in [5, 5.41) is 3.20. The van der Waals surface area contributed by atoms with Crippen LogP contribution in [0.2, 0.25) is 10.0 Å². The number of hydrogen-bond donors (Lipinski definition) is 1. The van der Waals surface area contributed by atoms with Gasteiger partial charge in [-0.2, -0.15) is 0 Å². The molecule has 31 heavy (non-hydrogen) atoms. The summed E-state index contributed by atoms with van der Waals surface area (Å²) in [5.74, 6) is -0.530. The summed E-state index contributed by atoms with van der Waals surface area (Å²) >= 11 is 13.5. The van der Waals surface area contributed by atoms with E-state index in [1.165, 1.54) is 23.9 Å². The highest BCUT2D eigenvalue weighted by molar-refractivity contribution is 8.00. The third-order valence-corrected chi connectivity index (χ3v) is 6.73. The Morgan fingerprint density at radius 2 is 1.90 bits per heavy atom. The molecular weight excluding hydrogens is 458 g/mol. The van der Waals surface area contributed by atoms with Crippen molar-refractivity contribution in [2.45, 2.75) is 12.3 Å². The summed E-state index contributed by atoms with van der Waals surface area (Å²) in [6.45, 7) is 1.66. The monoisotopic (exact) mass is 474 g/mol. The first-order valence-electron chi connectivity index (χ1n) is 9.40. The predicted molar refractivity (Wildman–Crippen MR) is 125 cm³/mol. The van der Waals surface area contributed by atoms with Crippen LogP contribution in [0, 0.1) is 12.7 Å². The van der Waals surface area contributed by atoms with E-state index in [9.17, 15) is 14.0 Å². The van der Waals surface area contributed by atoms with Gasteiger partial charge in [-0.1, -0.05) is 41.4 Å². The van der Waals surface area contributed by atoms with Crippen molar-refractivity contribution in [2.24, 2.45) is 0 Å². The van der Waals surface area contributed by atoms with Gasteiger partial charge < -0.3 is 5.32 Å². The Kier molecular flexibility index (Phi) is 6.23. The molecule has 158 valence electrons. The number of rotatable bonds is 4. The summed E-state index contributed by atoms with van der Waals surface area (Å²) in [6.07, 6.45) is 0. The molecule has 1 saturated heterocycles. The van der Waals surface area contributed by atoms with Crippen molar-refractivity contribution in [1.29, 1.82) is 0 Å². The van der Waals surface area contributed by atoms with Gasteiger partial charge in [-0.05, 0) is 55.0 Å². The quantitative estimate of drug-likeness (QED) is 0.471. The smallest absolute Gasteiger partial charge is 0.257 e. The van der Waals surface area contributed by atoms with E-state index >= 15 is 0 Å². The van der Waals surface area contributed by atoms with Gasteiger partial charge in [-0.15, -0.1) is 11.8 Å². The maximum atomic E-state index is 14.1. The van der Waals surface area contributed by atoms with Gasteiger partial charge in [-0.3, -0.25) is 14.5 Å². The molecule has 8 heteroatoms. The van der Waals surface area contributed by atoms with Crippen molar-refractivity contribution in [3.63, 3.8) is 0 Å². The number of hydrogen-bond acceptors (Lipinski definition) is 3. The first kappa shape index (κ1) is 21.7. The van der Waals surface area contributed by atoms with E-state index < -0.39 is 0 Å². The standard InChI is InChI=1S/C23H17Cl2FN2O2S/c1-13-19(26)6-3-7-20(13)28-21(29)12-31-23(28)14-4-2-5-16(10-14)27-22(30)17-9-8-15(24)11-18(17)25/h2-11,23H,12H2,1H3,(H,27,30). The molecule has 1 aliphatic rings. The Bertz CT molecular complexity index is 1190. The summed E-state index contributed by atoms with van der Waals surface area (Å²) in [4.78, 5) is 26.9. The summed E-state index contributed by atoms with van der Waals surface area (Å²) in [5.41, 5.74) is 2.65. The molecule has 4 nitrogen and oxygen atoms in total. The van der Waals surface area contributed by atoms with Crippen LogP contribution in [0.25, 0.3) is 0 Å². The number of carbonyl (C=O) groups is 2. The van der Waals surface area contributed by atoms with Crippen LogP contribution in [0.4, 0.5) is 15.8 Å². The minimum Gasteiger partial charge on any atom is -0.322 e. The zero-order valence-corrected chi connectivity index (χ0v) is 18.7. The molecule has 1 unspecified atom stereocenters. The van der Waals surface area contributed by atoms with Crippen LogP contribution in [0.1, 0.15) is 26.9 Å². The van der Waals surface area contributed by atoms with Gasteiger partial charge in [0.1, 0.15) is 11.2 Å².